The van der Waals surface area contributed by atoms with Gasteiger partial charge in [0.15, 0.2) is 0 Å². The molecule has 0 amide bonds. The van der Waals surface area contributed by atoms with Crippen LogP contribution in [-0.4, -0.2) is 11.7 Å². The molecular weight excluding hydrogens is 202 g/mol. The zero-order valence-corrected chi connectivity index (χ0v) is 9.30. The Morgan fingerprint density at radius 3 is 2.94 bits per heavy atom. The van der Waals surface area contributed by atoms with Crippen LogP contribution in [0, 0.1) is 6.92 Å². The molecule has 0 bridgehead atoms. The largest absolute Gasteiger partial charge is 0.392 e. The molecule has 1 aromatic carbocycles. The Morgan fingerprint density at radius 1 is 1.50 bits per heavy atom. The van der Waals surface area contributed by atoms with Crippen LogP contribution >= 0.6 is 0 Å². The van der Waals surface area contributed by atoms with Gasteiger partial charge in [0.25, 0.3) is 0 Å². The highest BCUT2D eigenvalue weighted by Crippen LogP contribution is 2.12. The molecule has 0 aromatic heterocycles. The van der Waals surface area contributed by atoms with E-state index in [-0.39, 0.29) is 6.61 Å². The van der Waals surface area contributed by atoms with Crippen molar-refractivity contribution >= 4 is 6.08 Å². The third-order valence-electron chi connectivity index (χ3n) is 2.31. The average molecular weight is 217 g/mol. The molecule has 0 spiro atoms. The molecule has 4 nitrogen and oxygen atoms in total. The van der Waals surface area contributed by atoms with Crippen molar-refractivity contribution in [2.24, 2.45) is 5.11 Å². The number of benzene rings is 1. The van der Waals surface area contributed by atoms with Crippen molar-refractivity contribution in [2.75, 3.05) is 6.54 Å². The zero-order chi connectivity index (χ0) is 11.8. The number of aliphatic hydroxyl groups excluding tert-OH is 1. The quantitative estimate of drug-likeness (QED) is 0.350. The van der Waals surface area contributed by atoms with Gasteiger partial charge in [-0.05, 0) is 35.6 Å². The lowest BCUT2D eigenvalue weighted by Gasteiger charge is -2.02. The summed E-state index contributed by atoms with van der Waals surface area (Å²) >= 11 is 0. The normalized spacial score (nSPS) is 10.4. The molecule has 0 radical (unpaired) electrons. The number of hydrogen-bond acceptors (Lipinski definition) is 2. The highest BCUT2D eigenvalue weighted by atomic mass is 16.3. The monoisotopic (exact) mass is 217 g/mol. The predicted molar refractivity (Wildman–Crippen MR) is 64.8 cm³/mol. The smallest absolute Gasteiger partial charge is 0.0684 e. The molecule has 4 heteroatoms. The lowest BCUT2D eigenvalue weighted by atomic mass is 10.1. The Hall–Kier alpha value is -1.77. The number of hydrogen-bond donors (Lipinski definition) is 1. The summed E-state index contributed by atoms with van der Waals surface area (Å²) in [6.45, 7) is 2.54. The third kappa shape index (κ3) is 3.77. The van der Waals surface area contributed by atoms with Crippen molar-refractivity contribution < 1.29 is 5.11 Å². The molecule has 84 valence electrons. The van der Waals surface area contributed by atoms with E-state index in [1.165, 1.54) is 0 Å². The predicted octanol–water partition coefficient (Wildman–Crippen LogP) is 3.20. The van der Waals surface area contributed by atoms with Gasteiger partial charge in [-0.2, -0.15) is 0 Å². The van der Waals surface area contributed by atoms with E-state index in [0.717, 1.165) is 23.1 Å². The van der Waals surface area contributed by atoms with E-state index in [4.69, 9.17) is 10.6 Å². The Labute approximate surface area is 94.9 Å². The van der Waals surface area contributed by atoms with Gasteiger partial charge in [-0.1, -0.05) is 35.5 Å². The lowest BCUT2D eigenvalue weighted by Crippen LogP contribution is -1.88. The molecule has 0 heterocycles. The summed E-state index contributed by atoms with van der Waals surface area (Å²) in [5.41, 5.74) is 11.2. The maximum Gasteiger partial charge on any atom is 0.0684 e. The summed E-state index contributed by atoms with van der Waals surface area (Å²) in [6.07, 6.45) is 4.70. The van der Waals surface area contributed by atoms with E-state index >= 15 is 0 Å². The van der Waals surface area contributed by atoms with Crippen molar-refractivity contribution in [3.05, 3.63) is 51.4 Å². The number of aryl methyl sites for hydroxylation is 1. The third-order valence-corrected chi connectivity index (χ3v) is 2.31. The molecule has 0 aliphatic carbocycles. The highest BCUT2D eigenvalue weighted by Gasteiger charge is 1.96. The van der Waals surface area contributed by atoms with Gasteiger partial charge in [0.2, 0.25) is 0 Å². The van der Waals surface area contributed by atoms with Crippen LogP contribution in [0.5, 0.6) is 0 Å². The molecule has 0 saturated heterocycles. The number of rotatable bonds is 5. The van der Waals surface area contributed by atoms with Crippen LogP contribution in [0.4, 0.5) is 0 Å². The Bertz CT molecular complexity index is 420. The van der Waals surface area contributed by atoms with Crippen LogP contribution in [0.15, 0.2) is 29.4 Å². The fourth-order valence-corrected chi connectivity index (χ4v) is 1.40. The number of azide groups is 1. The molecule has 0 unspecified atom stereocenters. The molecule has 16 heavy (non-hydrogen) atoms. The number of aliphatic hydroxyl groups is 1. The van der Waals surface area contributed by atoms with Gasteiger partial charge < -0.3 is 5.11 Å². The first-order valence-electron chi connectivity index (χ1n) is 5.15. The first-order chi connectivity index (χ1) is 7.77. The molecular formula is C12H15N3O. The second-order valence-corrected chi connectivity index (χ2v) is 3.49. The molecule has 1 aromatic rings. The fourth-order valence-electron chi connectivity index (χ4n) is 1.40. The van der Waals surface area contributed by atoms with Crippen molar-refractivity contribution in [2.45, 2.75) is 20.0 Å². The maximum atomic E-state index is 9.02. The van der Waals surface area contributed by atoms with Crippen LogP contribution in [0.25, 0.3) is 16.5 Å². The Kier molecular flexibility index (Phi) is 5.12. The summed E-state index contributed by atoms with van der Waals surface area (Å²) < 4.78 is 0. The summed E-state index contributed by atoms with van der Waals surface area (Å²) in [6, 6.07) is 5.90. The fraction of sp³-hybridized carbons (Fsp3) is 0.333. The SMILES string of the molecule is Cc1cc(C=CCCN=[N+]=[N-])ccc1CO. The minimum atomic E-state index is 0.0761. The van der Waals surface area contributed by atoms with Crippen LogP contribution < -0.4 is 0 Å². The molecule has 0 aliphatic heterocycles. The van der Waals surface area contributed by atoms with Gasteiger partial charge in [0.1, 0.15) is 0 Å². The summed E-state index contributed by atoms with van der Waals surface area (Å²) in [5, 5.41) is 12.5. The minimum Gasteiger partial charge on any atom is -0.392 e. The van der Waals surface area contributed by atoms with Gasteiger partial charge in [-0.3, -0.25) is 0 Å². The van der Waals surface area contributed by atoms with Crippen molar-refractivity contribution in [3.8, 4) is 0 Å². The van der Waals surface area contributed by atoms with E-state index in [0.29, 0.717) is 6.54 Å². The standard InChI is InChI=1S/C12H15N3O/c1-10-8-11(5-6-12(10)9-16)4-2-3-7-14-15-13/h2,4-6,8,16H,3,7,9H2,1H3. The van der Waals surface area contributed by atoms with E-state index in [2.05, 4.69) is 10.0 Å². The summed E-state index contributed by atoms with van der Waals surface area (Å²) in [7, 11) is 0. The van der Waals surface area contributed by atoms with Gasteiger partial charge in [-0.25, -0.2) is 0 Å². The maximum absolute atomic E-state index is 9.02. The van der Waals surface area contributed by atoms with E-state index in [1.54, 1.807) is 0 Å². The van der Waals surface area contributed by atoms with E-state index < -0.39 is 0 Å². The highest BCUT2D eigenvalue weighted by molar-refractivity contribution is 5.51. The van der Waals surface area contributed by atoms with Crippen molar-refractivity contribution in [1.29, 1.82) is 0 Å². The topological polar surface area (TPSA) is 69.0 Å². The molecule has 0 atom stereocenters. The average Bonchev–Trinajstić information content (AvgIpc) is 2.29. The lowest BCUT2D eigenvalue weighted by molar-refractivity contribution is 0.281. The van der Waals surface area contributed by atoms with Crippen molar-refractivity contribution in [1.82, 2.24) is 0 Å². The number of nitrogens with zero attached hydrogens (tertiary/aromatic N) is 3. The van der Waals surface area contributed by atoms with Gasteiger partial charge >= 0.3 is 0 Å². The molecule has 0 fully saturated rings. The molecule has 0 saturated carbocycles. The van der Waals surface area contributed by atoms with Crippen LogP contribution in [0.3, 0.4) is 0 Å². The van der Waals surface area contributed by atoms with Gasteiger partial charge in [0, 0.05) is 11.5 Å². The van der Waals surface area contributed by atoms with Gasteiger partial charge in [0.05, 0.1) is 6.61 Å². The second kappa shape index (κ2) is 6.67. The molecule has 0 aliphatic rings. The van der Waals surface area contributed by atoms with Crippen LogP contribution in [-0.2, 0) is 6.61 Å². The van der Waals surface area contributed by atoms with Crippen LogP contribution in [0.1, 0.15) is 23.1 Å². The first-order valence-corrected chi connectivity index (χ1v) is 5.15. The Morgan fingerprint density at radius 2 is 2.31 bits per heavy atom. The molecule has 1 N–H and O–H groups in total. The Balaban J connectivity index is 2.60. The molecule has 1 rings (SSSR count). The first kappa shape index (κ1) is 12.3. The second-order valence-electron chi connectivity index (χ2n) is 3.49. The van der Waals surface area contributed by atoms with E-state index in [1.807, 2.05) is 37.3 Å². The van der Waals surface area contributed by atoms with Gasteiger partial charge in [-0.15, -0.1) is 0 Å². The van der Waals surface area contributed by atoms with Crippen molar-refractivity contribution in [3.63, 3.8) is 0 Å². The summed E-state index contributed by atoms with van der Waals surface area (Å²) in [4.78, 5) is 2.68. The zero-order valence-electron chi connectivity index (χ0n) is 9.30. The minimum absolute atomic E-state index is 0.0761. The summed E-state index contributed by atoms with van der Waals surface area (Å²) in [5.74, 6) is 0. The van der Waals surface area contributed by atoms with Crippen LogP contribution in [0.2, 0.25) is 0 Å². The van der Waals surface area contributed by atoms with E-state index in [9.17, 15) is 0 Å².